The van der Waals surface area contributed by atoms with Crippen molar-refractivity contribution in [1.29, 1.82) is 0 Å². The molecule has 0 heterocycles. The van der Waals surface area contributed by atoms with Crippen molar-refractivity contribution in [3.63, 3.8) is 0 Å². The van der Waals surface area contributed by atoms with E-state index in [1.54, 1.807) is 7.11 Å². The standard InChI is InChI=1S/C10H12FNO3S/c1-15-2-3-16-9-4-6(10(13)14)8(12)5-7(9)11/h4-5H,2-3,12H2,1H3,(H,13,14). The molecule has 1 rings (SSSR count). The highest BCUT2D eigenvalue weighted by Gasteiger charge is 2.13. The Morgan fingerprint density at radius 2 is 2.31 bits per heavy atom. The number of rotatable bonds is 5. The molecule has 88 valence electrons. The number of hydrogen-bond acceptors (Lipinski definition) is 4. The van der Waals surface area contributed by atoms with E-state index in [0.717, 1.165) is 6.07 Å². The first-order chi connectivity index (χ1) is 7.56. The Morgan fingerprint density at radius 1 is 1.62 bits per heavy atom. The van der Waals surface area contributed by atoms with E-state index in [1.165, 1.54) is 17.8 Å². The van der Waals surface area contributed by atoms with Crippen molar-refractivity contribution >= 4 is 23.4 Å². The van der Waals surface area contributed by atoms with Crippen LogP contribution in [0.3, 0.4) is 0 Å². The normalized spacial score (nSPS) is 10.4. The Labute approximate surface area is 96.6 Å². The Morgan fingerprint density at radius 3 is 2.88 bits per heavy atom. The van der Waals surface area contributed by atoms with Gasteiger partial charge in [0.2, 0.25) is 0 Å². The summed E-state index contributed by atoms with van der Waals surface area (Å²) < 4.78 is 18.2. The molecule has 0 atom stereocenters. The monoisotopic (exact) mass is 245 g/mol. The molecule has 6 heteroatoms. The first-order valence-electron chi connectivity index (χ1n) is 4.50. The molecule has 0 aliphatic carbocycles. The van der Waals surface area contributed by atoms with E-state index in [0.29, 0.717) is 12.4 Å². The number of carboxylic acid groups (broad SMARTS) is 1. The lowest BCUT2D eigenvalue weighted by Gasteiger charge is -2.06. The highest BCUT2D eigenvalue weighted by Crippen LogP contribution is 2.26. The molecule has 0 aliphatic heterocycles. The van der Waals surface area contributed by atoms with Crippen LogP contribution in [-0.4, -0.2) is 30.5 Å². The van der Waals surface area contributed by atoms with Crippen LogP contribution in [0.15, 0.2) is 17.0 Å². The number of halogens is 1. The fourth-order valence-corrected chi connectivity index (χ4v) is 1.97. The number of benzene rings is 1. The van der Waals surface area contributed by atoms with Crippen LogP contribution in [0.1, 0.15) is 10.4 Å². The SMILES string of the molecule is COCCSc1cc(C(=O)O)c(N)cc1F. The predicted octanol–water partition coefficient (Wildman–Crippen LogP) is 1.84. The fraction of sp³-hybridized carbons (Fsp3) is 0.300. The van der Waals surface area contributed by atoms with Crippen LogP contribution in [-0.2, 0) is 4.74 Å². The number of aromatic carboxylic acids is 1. The van der Waals surface area contributed by atoms with Gasteiger partial charge in [-0.3, -0.25) is 0 Å². The van der Waals surface area contributed by atoms with Gasteiger partial charge in [0.15, 0.2) is 0 Å². The van der Waals surface area contributed by atoms with Crippen LogP contribution in [0.25, 0.3) is 0 Å². The minimum Gasteiger partial charge on any atom is -0.478 e. The van der Waals surface area contributed by atoms with Gasteiger partial charge in [-0.05, 0) is 12.1 Å². The van der Waals surface area contributed by atoms with Gasteiger partial charge in [-0.25, -0.2) is 9.18 Å². The smallest absolute Gasteiger partial charge is 0.337 e. The van der Waals surface area contributed by atoms with E-state index >= 15 is 0 Å². The Balaban J connectivity index is 2.91. The maximum atomic E-state index is 13.4. The predicted molar refractivity (Wildman–Crippen MR) is 60.4 cm³/mol. The zero-order valence-corrected chi connectivity index (χ0v) is 9.51. The van der Waals surface area contributed by atoms with Crippen LogP contribution >= 0.6 is 11.8 Å². The number of nitrogens with two attached hydrogens (primary N) is 1. The lowest BCUT2D eigenvalue weighted by Crippen LogP contribution is -2.04. The van der Waals surface area contributed by atoms with Crippen molar-refractivity contribution in [3.05, 3.63) is 23.5 Å². The molecule has 0 saturated carbocycles. The average Bonchev–Trinajstić information content (AvgIpc) is 2.21. The number of thioether (sulfide) groups is 1. The van der Waals surface area contributed by atoms with E-state index in [-0.39, 0.29) is 16.1 Å². The molecule has 0 saturated heterocycles. The zero-order chi connectivity index (χ0) is 12.1. The van der Waals surface area contributed by atoms with Crippen molar-refractivity contribution in [1.82, 2.24) is 0 Å². The third kappa shape index (κ3) is 3.11. The summed E-state index contributed by atoms with van der Waals surface area (Å²) in [6.07, 6.45) is 0. The number of methoxy groups -OCH3 is 1. The summed E-state index contributed by atoms with van der Waals surface area (Å²) in [4.78, 5) is 11.0. The van der Waals surface area contributed by atoms with Crippen molar-refractivity contribution in [2.75, 3.05) is 25.2 Å². The van der Waals surface area contributed by atoms with Gasteiger partial charge in [0, 0.05) is 23.4 Å². The molecule has 0 bridgehead atoms. The van der Waals surface area contributed by atoms with Crippen molar-refractivity contribution in [3.8, 4) is 0 Å². The Kier molecular flexibility index (Phi) is 4.57. The first kappa shape index (κ1) is 12.8. The van der Waals surface area contributed by atoms with Gasteiger partial charge in [-0.1, -0.05) is 0 Å². The number of nitrogen functional groups attached to an aromatic ring is 1. The van der Waals surface area contributed by atoms with Gasteiger partial charge in [0.25, 0.3) is 0 Å². The fourth-order valence-electron chi connectivity index (χ4n) is 1.10. The van der Waals surface area contributed by atoms with Crippen LogP contribution in [0.4, 0.5) is 10.1 Å². The summed E-state index contributed by atoms with van der Waals surface area (Å²) in [6.45, 7) is 0.469. The van der Waals surface area contributed by atoms with Crippen molar-refractivity contribution in [2.24, 2.45) is 0 Å². The average molecular weight is 245 g/mol. The lowest BCUT2D eigenvalue weighted by atomic mass is 10.2. The second kappa shape index (κ2) is 5.72. The van der Waals surface area contributed by atoms with E-state index in [9.17, 15) is 9.18 Å². The second-order valence-electron chi connectivity index (χ2n) is 3.02. The third-order valence-corrected chi connectivity index (χ3v) is 2.87. The minimum absolute atomic E-state index is 0.0684. The summed E-state index contributed by atoms with van der Waals surface area (Å²) in [5, 5.41) is 8.82. The largest absolute Gasteiger partial charge is 0.478 e. The number of carbonyl (C=O) groups is 1. The number of hydrogen-bond donors (Lipinski definition) is 2. The molecule has 0 spiro atoms. The molecular weight excluding hydrogens is 233 g/mol. The van der Waals surface area contributed by atoms with E-state index < -0.39 is 11.8 Å². The van der Waals surface area contributed by atoms with E-state index in [2.05, 4.69) is 0 Å². The minimum atomic E-state index is -1.16. The third-order valence-electron chi connectivity index (χ3n) is 1.88. The number of carboxylic acids is 1. The molecule has 0 unspecified atom stereocenters. The molecule has 0 aliphatic rings. The van der Waals surface area contributed by atoms with Crippen LogP contribution in [0.5, 0.6) is 0 Å². The summed E-state index contributed by atoms with van der Waals surface area (Å²) >= 11 is 1.19. The van der Waals surface area contributed by atoms with E-state index in [4.69, 9.17) is 15.6 Å². The highest BCUT2D eigenvalue weighted by molar-refractivity contribution is 7.99. The summed E-state index contributed by atoms with van der Waals surface area (Å²) in [5.74, 6) is -1.12. The maximum Gasteiger partial charge on any atom is 0.337 e. The molecule has 1 aromatic carbocycles. The highest BCUT2D eigenvalue weighted by atomic mass is 32.2. The molecule has 0 amide bonds. The first-order valence-corrected chi connectivity index (χ1v) is 5.49. The molecule has 4 nitrogen and oxygen atoms in total. The second-order valence-corrected chi connectivity index (χ2v) is 4.15. The van der Waals surface area contributed by atoms with E-state index in [1.807, 2.05) is 0 Å². The molecule has 1 aromatic rings. The molecule has 0 radical (unpaired) electrons. The van der Waals surface area contributed by atoms with Gasteiger partial charge in [0.1, 0.15) is 5.82 Å². The van der Waals surface area contributed by atoms with Crippen molar-refractivity contribution < 1.29 is 19.0 Å². The lowest BCUT2D eigenvalue weighted by molar-refractivity contribution is 0.0697. The summed E-state index contributed by atoms with van der Waals surface area (Å²) in [5.41, 5.74) is 5.24. The summed E-state index contributed by atoms with van der Waals surface area (Å²) in [7, 11) is 1.54. The van der Waals surface area contributed by atoms with Gasteiger partial charge in [-0.15, -0.1) is 11.8 Å². The maximum absolute atomic E-state index is 13.4. The van der Waals surface area contributed by atoms with Crippen molar-refractivity contribution in [2.45, 2.75) is 4.90 Å². The van der Waals surface area contributed by atoms with Crippen LogP contribution < -0.4 is 5.73 Å². The molecule has 0 fully saturated rings. The quantitative estimate of drug-likeness (QED) is 0.470. The van der Waals surface area contributed by atoms with Crippen LogP contribution in [0.2, 0.25) is 0 Å². The molecule has 16 heavy (non-hydrogen) atoms. The summed E-state index contributed by atoms with van der Waals surface area (Å²) in [6, 6.07) is 2.27. The number of anilines is 1. The molecule has 0 aromatic heterocycles. The topological polar surface area (TPSA) is 72.5 Å². The van der Waals surface area contributed by atoms with Crippen LogP contribution in [0, 0.1) is 5.82 Å². The Hall–Kier alpha value is -1.27. The van der Waals surface area contributed by atoms with Gasteiger partial charge in [-0.2, -0.15) is 0 Å². The molecular formula is C10H12FNO3S. The Bertz CT molecular complexity index is 398. The molecule has 3 N–H and O–H groups in total. The van der Waals surface area contributed by atoms with Gasteiger partial charge >= 0.3 is 5.97 Å². The zero-order valence-electron chi connectivity index (χ0n) is 8.70. The number of ether oxygens (including phenoxy) is 1. The van der Waals surface area contributed by atoms with Gasteiger partial charge in [0.05, 0.1) is 12.2 Å². The van der Waals surface area contributed by atoms with Gasteiger partial charge < -0.3 is 15.6 Å².